The highest BCUT2D eigenvalue weighted by molar-refractivity contribution is 8.30. The molecule has 2 aliphatic rings. The molecule has 0 atom stereocenters. The third kappa shape index (κ3) is 5.09. The van der Waals surface area contributed by atoms with Crippen molar-refractivity contribution in [1.29, 1.82) is 0 Å². The molecule has 0 aliphatic carbocycles. The van der Waals surface area contributed by atoms with Crippen LogP contribution in [0, 0.1) is 13.8 Å². The fraction of sp³-hybridized carbons (Fsp3) is 0.333. The van der Waals surface area contributed by atoms with Crippen LogP contribution in [0.1, 0.15) is 51.7 Å². The van der Waals surface area contributed by atoms with Gasteiger partial charge in [-0.05, 0) is 77.4 Å². The summed E-state index contributed by atoms with van der Waals surface area (Å²) in [5.74, 6) is 0.139. The summed E-state index contributed by atoms with van der Waals surface area (Å²) in [5.41, 5.74) is 1.57. The Morgan fingerprint density at radius 1 is 0.417 bits per heavy atom. The molecule has 2 heterocycles. The topological polar surface area (TPSA) is 162 Å². The Bertz CT molecular complexity index is 2160. The molecule has 4 aromatic carbocycles. The van der Waals surface area contributed by atoms with Crippen LogP contribution in [0.15, 0.2) is 0 Å². The lowest BCUT2D eigenvalue weighted by Crippen LogP contribution is -2.19. The average Bonchev–Trinajstić information content (AvgIpc) is 3.06. The van der Waals surface area contributed by atoms with Crippen molar-refractivity contribution in [1.82, 2.24) is 0 Å². The molecule has 8 N–H and O–H groups in total. The van der Waals surface area contributed by atoms with Crippen LogP contribution in [-0.2, 0) is 0 Å². The molecule has 0 aromatic heterocycles. The van der Waals surface area contributed by atoms with Gasteiger partial charge >= 0.3 is 0 Å². The van der Waals surface area contributed by atoms with Crippen molar-refractivity contribution in [3.8, 4) is 57.1 Å². The van der Waals surface area contributed by atoms with E-state index in [4.69, 9.17) is 0 Å². The lowest BCUT2D eigenvalue weighted by molar-refractivity contribution is 0.398. The molecule has 12 heteroatoms. The third-order valence-corrected chi connectivity index (χ3v) is 14.2. The van der Waals surface area contributed by atoms with Gasteiger partial charge in [0.15, 0.2) is 23.0 Å². The van der Waals surface area contributed by atoms with Crippen molar-refractivity contribution in [2.45, 2.75) is 54.4 Å². The predicted molar refractivity (Wildman–Crippen MR) is 204 cm³/mol. The van der Waals surface area contributed by atoms with Gasteiger partial charge in [-0.3, -0.25) is 0 Å². The summed E-state index contributed by atoms with van der Waals surface area (Å²) in [7, 11) is 0. The van der Waals surface area contributed by atoms with Crippen LogP contribution < -0.4 is 20.9 Å². The first-order valence-electron chi connectivity index (χ1n) is 15.5. The molecule has 0 radical (unpaired) electrons. The lowest BCUT2D eigenvalue weighted by atomic mass is 9.86. The lowest BCUT2D eigenvalue weighted by Gasteiger charge is -2.23. The fourth-order valence-corrected chi connectivity index (χ4v) is 12.0. The molecule has 0 saturated carbocycles. The van der Waals surface area contributed by atoms with Gasteiger partial charge in [0.05, 0.1) is 18.9 Å². The number of hydrogen-bond acceptors (Lipinski definition) is 12. The zero-order chi connectivity index (χ0) is 34.9. The number of hydrogen-bond donors (Lipinski definition) is 8. The Balaban J connectivity index is 1.94. The molecule has 48 heavy (non-hydrogen) atoms. The van der Waals surface area contributed by atoms with E-state index < -0.39 is 23.0 Å². The monoisotopic (exact) mass is 726 g/mol. The van der Waals surface area contributed by atoms with E-state index in [0.29, 0.717) is 19.6 Å². The molecule has 254 valence electrons. The minimum Gasteiger partial charge on any atom is -0.507 e. The third-order valence-electron chi connectivity index (χ3n) is 8.95. The van der Waals surface area contributed by atoms with Crippen molar-refractivity contribution in [3.05, 3.63) is 32.0 Å². The zero-order valence-corrected chi connectivity index (χ0v) is 30.7. The Kier molecular flexibility index (Phi) is 9.25. The number of benzene rings is 4. The maximum atomic E-state index is 12.4. The van der Waals surface area contributed by atoms with Gasteiger partial charge in [0, 0.05) is 54.2 Å². The van der Waals surface area contributed by atoms with Crippen LogP contribution in [0.2, 0.25) is 0 Å². The van der Waals surface area contributed by atoms with E-state index in [1.165, 1.54) is 47.0 Å². The van der Waals surface area contributed by atoms with Crippen LogP contribution in [0.5, 0.6) is 46.0 Å². The van der Waals surface area contributed by atoms with Crippen LogP contribution >= 0.6 is 47.0 Å². The average molecular weight is 727 g/mol. The first-order chi connectivity index (χ1) is 22.7. The van der Waals surface area contributed by atoms with Gasteiger partial charge < -0.3 is 40.9 Å². The maximum absolute atomic E-state index is 12.4. The van der Waals surface area contributed by atoms with Gasteiger partial charge in [-0.1, -0.05) is 11.1 Å². The fourth-order valence-electron chi connectivity index (χ4n) is 6.74. The smallest absolute Gasteiger partial charge is 0.167 e. The summed E-state index contributed by atoms with van der Waals surface area (Å²) in [6.45, 7) is 10.1. The largest absolute Gasteiger partial charge is 0.507 e. The first kappa shape index (κ1) is 34.5. The number of phenolic OH excluding ortho intramolecular Hbond substituents is 8. The van der Waals surface area contributed by atoms with Crippen molar-refractivity contribution in [3.63, 3.8) is 0 Å². The van der Waals surface area contributed by atoms with E-state index in [1.807, 2.05) is 0 Å². The van der Waals surface area contributed by atoms with Gasteiger partial charge in [0.2, 0.25) is 0 Å². The molecule has 2 aliphatic heterocycles. The normalized spacial score (nSPS) is 15.5. The zero-order valence-electron chi connectivity index (χ0n) is 27.5. The van der Waals surface area contributed by atoms with Gasteiger partial charge in [0.25, 0.3) is 0 Å². The van der Waals surface area contributed by atoms with Crippen LogP contribution in [0.25, 0.3) is 52.3 Å². The van der Waals surface area contributed by atoms with Gasteiger partial charge in [0.1, 0.15) is 23.0 Å². The maximum Gasteiger partial charge on any atom is 0.167 e. The van der Waals surface area contributed by atoms with Gasteiger partial charge in [-0.2, -0.15) is 0 Å². The molecule has 8 nitrogen and oxygen atoms in total. The van der Waals surface area contributed by atoms with Crippen LogP contribution in [0.3, 0.4) is 0 Å². The number of aromatic hydroxyl groups is 8. The van der Waals surface area contributed by atoms with Gasteiger partial charge in [-0.25, -0.2) is 0 Å². The Hall–Kier alpha value is -3.32. The van der Waals surface area contributed by atoms with Gasteiger partial charge in [-0.15, -0.1) is 47.0 Å². The number of fused-ring (bicyclic) bond motifs is 2. The van der Waals surface area contributed by atoms with E-state index >= 15 is 0 Å². The first-order valence-corrected chi connectivity index (χ1v) is 19.5. The molecule has 0 unspecified atom stereocenters. The minimum absolute atomic E-state index is 0.0240. The van der Waals surface area contributed by atoms with E-state index in [9.17, 15) is 40.9 Å². The molecule has 2 saturated heterocycles. The van der Waals surface area contributed by atoms with E-state index in [2.05, 4.69) is 0 Å². The van der Waals surface area contributed by atoms with E-state index in [1.54, 1.807) is 41.5 Å². The second-order valence-electron chi connectivity index (χ2n) is 12.5. The number of thioether (sulfide) groups is 4. The van der Waals surface area contributed by atoms with Crippen molar-refractivity contribution >= 4 is 88.2 Å². The molecule has 4 aromatic rings. The quantitative estimate of drug-likeness (QED) is 0.0833. The summed E-state index contributed by atoms with van der Waals surface area (Å²) < 4.78 is 1.35. The van der Waals surface area contributed by atoms with E-state index in [0.717, 1.165) is 35.9 Å². The van der Waals surface area contributed by atoms with Crippen molar-refractivity contribution < 1.29 is 40.9 Å². The molecular weight excluding hydrogens is 689 g/mol. The number of rotatable bonds is 1. The summed E-state index contributed by atoms with van der Waals surface area (Å²) in [6, 6.07) is 0. The molecule has 2 fully saturated rings. The standard InChI is InChI=1S/C36H38O8S4/c1-13(2)17-21-23(25(33(43)31(17)41)35-45-9-7-10-46-35)29(39)19(15(5)27(21)37)20-16(6)28(38)22-18(14(3)4)32(42)34(44)26(24(22)30(20)40)36-47-11-8-12-48-36/h37-44H,7-12H2,1-6H3. The highest BCUT2D eigenvalue weighted by Gasteiger charge is 2.31. The Labute approximate surface area is 294 Å². The molecule has 0 bridgehead atoms. The molecule has 0 spiro atoms. The van der Waals surface area contributed by atoms with Crippen LogP contribution in [-0.4, -0.2) is 63.9 Å². The summed E-state index contributed by atoms with van der Waals surface area (Å²) in [5, 5.41) is 95.4. The van der Waals surface area contributed by atoms with Crippen LogP contribution in [0.4, 0.5) is 0 Å². The van der Waals surface area contributed by atoms with Crippen molar-refractivity contribution in [2.75, 3.05) is 23.0 Å². The second-order valence-corrected chi connectivity index (χ2v) is 17.4. The number of phenols is 8. The Morgan fingerprint density at radius 3 is 1.02 bits per heavy atom. The second kappa shape index (κ2) is 12.9. The molecule has 6 rings (SSSR count). The highest BCUT2D eigenvalue weighted by atomic mass is 32.2. The summed E-state index contributed by atoms with van der Waals surface area (Å²) >= 11 is 5.93. The summed E-state index contributed by atoms with van der Waals surface area (Å²) in [6.07, 6.45) is 1.87. The molecule has 0 amide bonds. The summed E-state index contributed by atoms with van der Waals surface area (Å²) in [4.78, 5) is 0. The van der Waals surface area contributed by atoms with Crippen molar-refractivity contribution in [2.24, 2.45) is 0 Å². The molecular formula is C36H38O8S4. The minimum atomic E-state index is -0.425. The SMILES string of the molecule is CC(C)=c1c(O)c(O)c(=C2SCCCS2)c2c(O)c(-c3c(C)c(O)c4c(=C(C)C)c(O)c(O)c(=C5SCCCS5)c4c3O)c(C)c(O)c12. The highest BCUT2D eigenvalue weighted by Crippen LogP contribution is 2.52. The Morgan fingerprint density at radius 2 is 0.729 bits per heavy atom. The predicted octanol–water partition coefficient (Wildman–Crippen LogP) is 6.17. The van der Waals surface area contributed by atoms with E-state index in [-0.39, 0.29) is 87.7 Å².